The molecule has 2 saturated heterocycles. The number of ether oxygens (including phenoxy) is 1. The van der Waals surface area contributed by atoms with Crippen molar-refractivity contribution >= 4 is 5.91 Å². The summed E-state index contributed by atoms with van der Waals surface area (Å²) in [5.74, 6) is -0.574. The molecule has 0 aliphatic carbocycles. The number of halogens is 1. The van der Waals surface area contributed by atoms with Gasteiger partial charge in [0.25, 0.3) is 0 Å². The standard InChI is InChI=1S/C17H20FN3O2/c1-20(2)17(22)13-10-21(15-5-6-23-16(13)15)9-11-3-4-14(18)12(7-11)8-19/h3-4,7,13,15-16H,5-6,9-10H2,1-2H3/t13-,15+,16+/m1/s1. The number of nitriles is 1. The third kappa shape index (κ3) is 2.94. The number of rotatable bonds is 3. The highest BCUT2D eigenvalue weighted by atomic mass is 19.1. The molecule has 0 spiro atoms. The molecule has 2 aliphatic rings. The van der Waals surface area contributed by atoms with Crippen LogP contribution in [-0.4, -0.2) is 55.1 Å². The van der Waals surface area contributed by atoms with Gasteiger partial charge in [-0.3, -0.25) is 9.69 Å². The molecule has 0 bridgehead atoms. The predicted octanol–water partition coefficient (Wildman–Crippen LogP) is 1.37. The van der Waals surface area contributed by atoms with Gasteiger partial charge in [0.05, 0.1) is 17.6 Å². The molecule has 0 N–H and O–H groups in total. The second-order valence-electron chi connectivity index (χ2n) is 6.39. The Balaban J connectivity index is 1.78. The maximum absolute atomic E-state index is 13.4. The van der Waals surface area contributed by atoms with Crippen LogP contribution in [0, 0.1) is 23.1 Å². The number of fused-ring (bicyclic) bond motifs is 1. The van der Waals surface area contributed by atoms with Crippen LogP contribution in [0.1, 0.15) is 17.5 Å². The average Bonchev–Trinajstić information content (AvgIpc) is 3.12. The zero-order valence-electron chi connectivity index (χ0n) is 13.3. The van der Waals surface area contributed by atoms with Crippen LogP contribution in [0.2, 0.25) is 0 Å². The molecule has 1 aromatic rings. The zero-order valence-corrected chi connectivity index (χ0v) is 13.3. The van der Waals surface area contributed by atoms with E-state index < -0.39 is 5.82 Å². The molecule has 1 aromatic carbocycles. The Bertz CT molecular complexity index is 656. The van der Waals surface area contributed by atoms with Crippen LogP contribution >= 0.6 is 0 Å². The van der Waals surface area contributed by atoms with Gasteiger partial charge >= 0.3 is 0 Å². The molecular weight excluding hydrogens is 297 g/mol. The van der Waals surface area contributed by atoms with Crippen LogP contribution in [0.4, 0.5) is 4.39 Å². The van der Waals surface area contributed by atoms with Gasteiger partial charge in [0.15, 0.2) is 0 Å². The summed E-state index contributed by atoms with van der Waals surface area (Å²) in [6.07, 6.45) is 0.828. The largest absolute Gasteiger partial charge is 0.376 e. The van der Waals surface area contributed by atoms with E-state index in [4.69, 9.17) is 10.00 Å². The number of hydrogen-bond donors (Lipinski definition) is 0. The monoisotopic (exact) mass is 317 g/mol. The van der Waals surface area contributed by atoms with Crippen LogP contribution in [0.3, 0.4) is 0 Å². The van der Waals surface area contributed by atoms with E-state index in [1.165, 1.54) is 6.07 Å². The maximum Gasteiger partial charge on any atom is 0.229 e. The first-order chi connectivity index (χ1) is 11.0. The van der Waals surface area contributed by atoms with E-state index in [1.54, 1.807) is 31.1 Å². The van der Waals surface area contributed by atoms with Crippen LogP contribution in [0.5, 0.6) is 0 Å². The Morgan fingerprint density at radius 2 is 2.30 bits per heavy atom. The summed E-state index contributed by atoms with van der Waals surface area (Å²) < 4.78 is 19.2. The molecular formula is C17H20FN3O2. The highest BCUT2D eigenvalue weighted by Crippen LogP contribution is 2.35. The number of benzene rings is 1. The van der Waals surface area contributed by atoms with Gasteiger partial charge < -0.3 is 9.64 Å². The van der Waals surface area contributed by atoms with E-state index in [0.717, 1.165) is 12.0 Å². The lowest BCUT2D eigenvalue weighted by atomic mass is 10.0. The fourth-order valence-corrected chi connectivity index (χ4v) is 3.59. The van der Waals surface area contributed by atoms with Gasteiger partial charge in [-0.2, -0.15) is 5.26 Å². The first kappa shape index (κ1) is 15.9. The summed E-state index contributed by atoms with van der Waals surface area (Å²) in [5, 5.41) is 8.96. The van der Waals surface area contributed by atoms with E-state index in [-0.39, 0.29) is 29.5 Å². The maximum atomic E-state index is 13.4. The van der Waals surface area contributed by atoms with Gasteiger partial charge in [-0.15, -0.1) is 0 Å². The lowest BCUT2D eigenvalue weighted by Gasteiger charge is -2.22. The molecule has 3 atom stereocenters. The van der Waals surface area contributed by atoms with Gasteiger partial charge in [-0.1, -0.05) is 6.07 Å². The second-order valence-corrected chi connectivity index (χ2v) is 6.39. The van der Waals surface area contributed by atoms with Crippen LogP contribution in [0.15, 0.2) is 18.2 Å². The molecule has 122 valence electrons. The molecule has 6 heteroatoms. The molecule has 5 nitrogen and oxygen atoms in total. The van der Waals surface area contributed by atoms with Crippen molar-refractivity contribution in [3.05, 3.63) is 35.1 Å². The molecule has 0 radical (unpaired) electrons. The van der Waals surface area contributed by atoms with Crippen LogP contribution in [0.25, 0.3) is 0 Å². The van der Waals surface area contributed by atoms with Gasteiger partial charge in [-0.25, -0.2) is 4.39 Å². The van der Waals surface area contributed by atoms with Gasteiger partial charge in [0, 0.05) is 39.8 Å². The fraction of sp³-hybridized carbons (Fsp3) is 0.529. The van der Waals surface area contributed by atoms with E-state index >= 15 is 0 Å². The van der Waals surface area contributed by atoms with Crippen molar-refractivity contribution in [1.29, 1.82) is 5.26 Å². The molecule has 2 heterocycles. The molecule has 0 unspecified atom stereocenters. The highest BCUT2D eigenvalue weighted by molar-refractivity contribution is 5.79. The number of likely N-dealkylation sites (tertiary alicyclic amines) is 1. The Labute approximate surface area is 135 Å². The Kier molecular flexibility index (Phi) is 4.33. The number of carbonyl (C=O) groups is 1. The Morgan fingerprint density at radius 3 is 3.00 bits per heavy atom. The summed E-state index contributed by atoms with van der Waals surface area (Å²) in [6.45, 7) is 1.89. The Hall–Kier alpha value is -1.97. The average molecular weight is 317 g/mol. The molecule has 23 heavy (non-hydrogen) atoms. The highest BCUT2D eigenvalue weighted by Gasteiger charge is 2.48. The smallest absolute Gasteiger partial charge is 0.229 e. The number of carbonyl (C=O) groups excluding carboxylic acids is 1. The van der Waals surface area contributed by atoms with Crippen molar-refractivity contribution in [3.8, 4) is 6.07 Å². The van der Waals surface area contributed by atoms with Crippen molar-refractivity contribution < 1.29 is 13.9 Å². The SMILES string of the molecule is CN(C)C(=O)[C@@H]1CN(Cc2ccc(F)c(C#N)c2)[C@H]2CCO[C@@H]12. The second kappa shape index (κ2) is 6.26. The fourth-order valence-electron chi connectivity index (χ4n) is 3.59. The number of hydrogen-bond acceptors (Lipinski definition) is 4. The molecule has 2 aliphatic heterocycles. The topological polar surface area (TPSA) is 56.6 Å². The minimum atomic E-state index is -0.500. The van der Waals surface area contributed by atoms with Crippen LogP contribution in [-0.2, 0) is 16.1 Å². The van der Waals surface area contributed by atoms with Crippen molar-refractivity contribution in [1.82, 2.24) is 9.80 Å². The third-order valence-corrected chi connectivity index (χ3v) is 4.69. The Morgan fingerprint density at radius 1 is 1.52 bits per heavy atom. The summed E-state index contributed by atoms with van der Waals surface area (Å²) in [4.78, 5) is 16.2. The number of nitrogens with zero attached hydrogens (tertiary/aromatic N) is 3. The predicted molar refractivity (Wildman–Crippen MR) is 81.9 cm³/mol. The normalized spacial score (nSPS) is 26.8. The molecule has 0 aromatic heterocycles. The van der Waals surface area contributed by atoms with Crippen molar-refractivity contribution in [3.63, 3.8) is 0 Å². The first-order valence-corrected chi connectivity index (χ1v) is 7.76. The van der Waals surface area contributed by atoms with Gasteiger partial charge in [0.1, 0.15) is 11.9 Å². The minimum Gasteiger partial charge on any atom is -0.376 e. The van der Waals surface area contributed by atoms with Crippen molar-refractivity contribution in [2.45, 2.75) is 25.1 Å². The van der Waals surface area contributed by atoms with E-state index in [9.17, 15) is 9.18 Å². The zero-order chi connectivity index (χ0) is 16.6. The van der Waals surface area contributed by atoms with Gasteiger partial charge in [-0.05, 0) is 24.1 Å². The minimum absolute atomic E-state index is 0.0573. The molecule has 3 rings (SSSR count). The quantitative estimate of drug-likeness (QED) is 0.845. The van der Waals surface area contributed by atoms with E-state index in [1.807, 2.05) is 6.07 Å². The molecule has 0 saturated carbocycles. The summed E-state index contributed by atoms with van der Waals surface area (Å²) in [6, 6.07) is 6.69. The lowest BCUT2D eigenvalue weighted by Crippen LogP contribution is -2.37. The molecule has 2 fully saturated rings. The van der Waals surface area contributed by atoms with Crippen LogP contribution < -0.4 is 0 Å². The van der Waals surface area contributed by atoms with Crippen molar-refractivity contribution in [2.75, 3.05) is 27.2 Å². The molecule has 1 amide bonds. The first-order valence-electron chi connectivity index (χ1n) is 7.76. The summed E-state index contributed by atoms with van der Waals surface area (Å²) in [7, 11) is 3.52. The summed E-state index contributed by atoms with van der Waals surface area (Å²) >= 11 is 0. The third-order valence-electron chi connectivity index (χ3n) is 4.69. The lowest BCUT2D eigenvalue weighted by molar-refractivity contribution is -0.135. The summed E-state index contributed by atoms with van der Waals surface area (Å²) in [5.41, 5.74) is 0.938. The van der Waals surface area contributed by atoms with E-state index in [0.29, 0.717) is 19.7 Å². The van der Waals surface area contributed by atoms with E-state index in [2.05, 4.69) is 4.90 Å². The van der Waals surface area contributed by atoms with Crippen molar-refractivity contribution in [2.24, 2.45) is 5.92 Å². The van der Waals surface area contributed by atoms with Gasteiger partial charge in [0.2, 0.25) is 5.91 Å². The number of amides is 1.